The second-order valence-corrected chi connectivity index (χ2v) is 6.48. The standard InChI is InChI=1S/C18H28ClN3O2/c1-4-22(5-2)18(23)14-21-10-8-20(9-11-21)13-15-6-7-16(24-3)12-17(15)19/h6-7,12H,4-5,8-11,13-14H2,1-3H3. The summed E-state index contributed by atoms with van der Waals surface area (Å²) >= 11 is 6.32. The lowest BCUT2D eigenvalue weighted by Crippen LogP contribution is -2.49. The molecule has 0 spiro atoms. The third-order valence-electron chi connectivity index (χ3n) is 4.59. The van der Waals surface area contributed by atoms with E-state index in [2.05, 4.69) is 9.80 Å². The Hall–Kier alpha value is -1.30. The number of amides is 1. The van der Waals surface area contributed by atoms with E-state index in [4.69, 9.17) is 16.3 Å². The third-order valence-corrected chi connectivity index (χ3v) is 4.95. The van der Waals surface area contributed by atoms with E-state index in [1.807, 2.05) is 36.9 Å². The van der Waals surface area contributed by atoms with Crippen LogP contribution in [0.2, 0.25) is 5.02 Å². The predicted molar refractivity (Wildman–Crippen MR) is 97.6 cm³/mol. The summed E-state index contributed by atoms with van der Waals surface area (Å²) < 4.78 is 5.19. The van der Waals surface area contributed by atoms with Crippen LogP contribution in [-0.2, 0) is 11.3 Å². The second-order valence-electron chi connectivity index (χ2n) is 6.08. The number of ether oxygens (including phenoxy) is 1. The molecule has 134 valence electrons. The van der Waals surface area contributed by atoms with Gasteiger partial charge in [-0.15, -0.1) is 0 Å². The van der Waals surface area contributed by atoms with Crippen LogP contribution in [0.25, 0.3) is 0 Å². The Bertz CT molecular complexity index is 541. The SMILES string of the molecule is CCN(CC)C(=O)CN1CCN(Cc2ccc(OC)cc2Cl)CC1. The molecule has 1 aliphatic rings. The lowest BCUT2D eigenvalue weighted by atomic mass is 10.2. The van der Waals surface area contributed by atoms with Crippen LogP contribution in [0.15, 0.2) is 18.2 Å². The van der Waals surface area contributed by atoms with Gasteiger partial charge in [-0.3, -0.25) is 14.6 Å². The average molecular weight is 354 g/mol. The fourth-order valence-corrected chi connectivity index (χ4v) is 3.23. The van der Waals surface area contributed by atoms with Gasteiger partial charge in [-0.2, -0.15) is 0 Å². The Morgan fingerprint density at radius 3 is 2.33 bits per heavy atom. The molecule has 2 rings (SSSR count). The number of halogens is 1. The van der Waals surface area contributed by atoms with Crippen LogP contribution >= 0.6 is 11.6 Å². The molecule has 1 saturated heterocycles. The van der Waals surface area contributed by atoms with E-state index in [0.29, 0.717) is 6.54 Å². The van der Waals surface area contributed by atoms with Crippen molar-refractivity contribution >= 4 is 17.5 Å². The van der Waals surface area contributed by atoms with E-state index >= 15 is 0 Å². The number of carbonyl (C=O) groups excluding carboxylic acids is 1. The highest BCUT2D eigenvalue weighted by Crippen LogP contribution is 2.23. The van der Waals surface area contributed by atoms with Crippen LogP contribution in [0.3, 0.4) is 0 Å². The molecule has 0 aromatic heterocycles. The van der Waals surface area contributed by atoms with Gasteiger partial charge in [0.25, 0.3) is 0 Å². The van der Waals surface area contributed by atoms with Crippen molar-refractivity contribution in [3.63, 3.8) is 0 Å². The molecule has 0 radical (unpaired) electrons. The summed E-state index contributed by atoms with van der Waals surface area (Å²) in [6, 6.07) is 5.83. The number of nitrogens with zero attached hydrogens (tertiary/aromatic N) is 3. The molecular weight excluding hydrogens is 326 g/mol. The molecule has 5 nitrogen and oxygen atoms in total. The minimum atomic E-state index is 0.228. The van der Waals surface area contributed by atoms with Crippen molar-refractivity contribution in [2.75, 3.05) is 52.9 Å². The maximum atomic E-state index is 12.2. The summed E-state index contributed by atoms with van der Waals surface area (Å²) in [5.74, 6) is 1.01. The molecule has 1 aliphatic heterocycles. The minimum Gasteiger partial charge on any atom is -0.497 e. The molecule has 0 N–H and O–H groups in total. The van der Waals surface area contributed by atoms with Gasteiger partial charge in [0.2, 0.25) is 5.91 Å². The fourth-order valence-electron chi connectivity index (χ4n) is 3.00. The van der Waals surface area contributed by atoms with E-state index in [9.17, 15) is 4.79 Å². The maximum Gasteiger partial charge on any atom is 0.236 e. The molecule has 0 saturated carbocycles. The van der Waals surface area contributed by atoms with Crippen LogP contribution < -0.4 is 4.74 Å². The van der Waals surface area contributed by atoms with Crippen molar-refractivity contribution < 1.29 is 9.53 Å². The molecule has 1 heterocycles. The number of piperazine rings is 1. The predicted octanol–water partition coefficient (Wildman–Crippen LogP) is 2.33. The normalized spacial score (nSPS) is 16.2. The number of hydrogen-bond acceptors (Lipinski definition) is 4. The first-order valence-electron chi connectivity index (χ1n) is 8.62. The Balaban J connectivity index is 1.81. The Labute approximate surface area is 150 Å². The first-order valence-corrected chi connectivity index (χ1v) is 9.00. The van der Waals surface area contributed by atoms with E-state index in [-0.39, 0.29) is 5.91 Å². The van der Waals surface area contributed by atoms with Gasteiger partial charge in [-0.1, -0.05) is 17.7 Å². The number of hydrogen-bond donors (Lipinski definition) is 0. The molecule has 6 heteroatoms. The van der Waals surface area contributed by atoms with Crippen molar-refractivity contribution in [2.24, 2.45) is 0 Å². The quantitative estimate of drug-likeness (QED) is 0.753. The van der Waals surface area contributed by atoms with E-state index in [1.54, 1.807) is 7.11 Å². The summed E-state index contributed by atoms with van der Waals surface area (Å²) in [6.45, 7) is 10.7. The van der Waals surface area contributed by atoms with Gasteiger partial charge in [0.05, 0.1) is 13.7 Å². The highest BCUT2D eigenvalue weighted by molar-refractivity contribution is 6.31. The molecule has 24 heavy (non-hydrogen) atoms. The number of benzene rings is 1. The van der Waals surface area contributed by atoms with Crippen molar-refractivity contribution in [2.45, 2.75) is 20.4 Å². The smallest absolute Gasteiger partial charge is 0.236 e. The lowest BCUT2D eigenvalue weighted by Gasteiger charge is -2.35. The minimum absolute atomic E-state index is 0.228. The zero-order valence-corrected chi connectivity index (χ0v) is 15.7. The van der Waals surface area contributed by atoms with Crippen LogP contribution in [-0.4, -0.2) is 73.5 Å². The highest BCUT2D eigenvalue weighted by Gasteiger charge is 2.21. The van der Waals surface area contributed by atoms with Crippen molar-refractivity contribution in [3.8, 4) is 5.75 Å². The van der Waals surface area contributed by atoms with Gasteiger partial charge in [0.15, 0.2) is 0 Å². The molecule has 0 atom stereocenters. The van der Waals surface area contributed by atoms with Gasteiger partial charge in [0.1, 0.15) is 5.75 Å². The Morgan fingerprint density at radius 1 is 1.17 bits per heavy atom. The van der Waals surface area contributed by atoms with Crippen LogP contribution in [0.1, 0.15) is 19.4 Å². The highest BCUT2D eigenvalue weighted by atomic mass is 35.5. The number of carbonyl (C=O) groups is 1. The Morgan fingerprint density at radius 2 is 1.79 bits per heavy atom. The molecule has 1 aromatic rings. The number of likely N-dealkylation sites (N-methyl/N-ethyl adjacent to an activating group) is 1. The summed E-state index contributed by atoms with van der Waals surface area (Å²) in [5.41, 5.74) is 1.12. The molecule has 1 amide bonds. The van der Waals surface area contributed by atoms with Gasteiger partial charge >= 0.3 is 0 Å². The maximum absolute atomic E-state index is 12.2. The van der Waals surface area contributed by atoms with Gasteiger partial charge < -0.3 is 9.64 Å². The third kappa shape index (κ3) is 5.10. The van der Waals surface area contributed by atoms with E-state index in [1.165, 1.54) is 0 Å². The summed E-state index contributed by atoms with van der Waals surface area (Å²) in [7, 11) is 1.64. The van der Waals surface area contributed by atoms with Gasteiger partial charge in [0, 0.05) is 50.8 Å². The Kier molecular flexibility index (Phi) is 7.34. The van der Waals surface area contributed by atoms with Crippen molar-refractivity contribution in [3.05, 3.63) is 28.8 Å². The second kappa shape index (κ2) is 9.25. The number of methoxy groups -OCH3 is 1. The molecule has 1 fully saturated rings. The van der Waals surface area contributed by atoms with Crippen LogP contribution in [0, 0.1) is 0 Å². The number of rotatable bonds is 7. The van der Waals surface area contributed by atoms with Crippen molar-refractivity contribution in [1.82, 2.24) is 14.7 Å². The lowest BCUT2D eigenvalue weighted by molar-refractivity contribution is -0.132. The first kappa shape index (κ1) is 19.0. The summed E-state index contributed by atoms with van der Waals surface area (Å²) in [5, 5.41) is 0.744. The first-order chi connectivity index (χ1) is 11.6. The van der Waals surface area contributed by atoms with E-state index in [0.717, 1.165) is 62.1 Å². The van der Waals surface area contributed by atoms with E-state index < -0.39 is 0 Å². The fraction of sp³-hybridized carbons (Fsp3) is 0.611. The molecule has 0 bridgehead atoms. The molecule has 0 unspecified atom stereocenters. The average Bonchev–Trinajstić information content (AvgIpc) is 2.59. The van der Waals surface area contributed by atoms with Gasteiger partial charge in [-0.25, -0.2) is 0 Å². The molecular formula is C18H28ClN3O2. The van der Waals surface area contributed by atoms with Gasteiger partial charge in [-0.05, 0) is 31.5 Å². The molecule has 1 aromatic carbocycles. The van der Waals surface area contributed by atoms with Crippen LogP contribution in [0.4, 0.5) is 0 Å². The van der Waals surface area contributed by atoms with Crippen LogP contribution in [0.5, 0.6) is 5.75 Å². The monoisotopic (exact) mass is 353 g/mol. The summed E-state index contributed by atoms with van der Waals surface area (Å²) in [4.78, 5) is 18.7. The largest absolute Gasteiger partial charge is 0.497 e. The zero-order chi connectivity index (χ0) is 17.5. The molecule has 0 aliphatic carbocycles. The zero-order valence-electron chi connectivity index (χ0n) is 14.9. The summed E-state index contributed by atoms with van der Waals surface area (Å²) in [6.07, 6.45) is 0. The topological polar surface area (TPSA) is 36.0 Å². The van der Waals surface area contributed by atoms with Crippen molar-refractivity contribution in [1.29, 1.82) is 0 Å².